The lowest BCUT2D eigenvalue weighted by atomic mass is 10.1. The Balaban J connectivity index is 2.25. The Bertz CT molecular complexity index is 703. The summed E-state index contributed by atoms with van der Waals surface area (Å²) in [6.45, 7) is 0.445. The maximum absolute atomic E-state index is 13.9. The van der Waals surface area contributed by atoms with Crippen molar-refractivity contribution in [3.63, 3.8) is 0 Å². The molecular formula is C14H12FN3. The van der Waals surface area contributed by atoms with Crippen molar-refractivity contribution < 1.29 is 4.39 Å². The van der Waals surface area contributed by atoms with Gasteiger partial charge in [0.1, 0.15) is 5.82 Å². The number of pyridine rings is 1. The molecule has 2 heterocycles. The average Bonchev–Trinajstić information content (AvgIpc) is 2.84. The van der Waals surface area contributed by atoms with E-state index in [9.17, 15) is 4.39 Å². The molecule has 0 bridgehead atoms. The van der Waals surface area contributed by atoms with Crippen LogP contribution < -0.4 is 5.73 Å². The molecule has 2 aromatic heterocycles. The van der Waals surface area contributed by atoms with Crippen molar-refractivity contribution in [2.24, 2.45) is 5.73 Å². The number of nitrogens with zero attached hydrogens (tertiary/aromatic N) is 1. The molecule has 3 nitrogen and oxygen atoms in total. The molecule has 0 saturated heterocycles. The van der Waals surface area contributed by atoms with Crippen LogP contribution in [-0.2, 0) is 6.54 Å². The number of nitrogens with one attached hydrogen (secondary N) is 1. The molecule has 3 N–H and O–H groups in total. The van der Waals surface area contributed by atoms with Crippen molar-refractivity contribution in [2.75, 3.05) is 0 Å². The Morgan fingerprint density at radius 3 is 3.00 bits per heavy atom. The minimum Gasteiger partial charge on any atom is -0.360 e. The first-order valence-electron chi connectivity index (χ1n) is 5.70. The normalized spacial score (nSPS) is 11.0. The summed E-state index contributed by atoms with van der Waals surface area (Å²) in [5, 5.41) is 0.569. The lowest BCUT2D eigenvalue weighted by Gasteiger charge is -2.02. The monoisotopic (exact) mass is 241 g/mol. The van der Waals surface area contributed by atoms with E-state index in [2.05, 4.69) is 9.97 Å². The minimum atomic E-state index is -0.247. The van der Waals surface area contributed by atoms with Crippen LogP contribution in [0.2, 0.25) is 0 Å². The van der Waals surface area contributed by atoms with Crippen LogP contribution in [0.25, 0.3) is 22.2 Å². The van der Waals surface area contributed by atoms with E-state index in [4.69, 9.17) is 5.73 Å². The zero-order valence-electron chi connectivity index (χ0n) is 9.65. The zero-order chi connectivity index (χ0) is 12.5. The average molecular weight is 241 g/mol. The van der Waals surface area contributed by atoms with E-state index in [0.717, 1.165) is 22.3 Å². The summed E-state index contributed by atoms with van der Waals surface area (Å²) in [5.74, 6) is -0.247. The Hall–Kier alpha value is -2.20. The Morgan fingerprint density at radius 2 is 2.17 bits per heavy atom. The molecule has 0 aliphatic rings. The van der Waals surface area contributed by atoms with Gasteiger partial charge in [0, 0.05) is 35.4 Å². The molecule has 0 spiro atoms. The molecule has 0 fully saturated rings. The molecule has 0 aliphatic carbocycles. The molecule has 18 heavy (non-hydrogen) atoms. The van der Waals surface area contributed by atoms with Crippen molar-refractivity contribution in [1.29, 1.82) is 0 Å². The molecule has 0 saturated carbocycles. The van der Waals surface area contributed by atoms with Gasteiger partial charge in [0.05, 0.1) is 5.69 Å². The molecule has 90 valence electrons. The predicted molar refractivity (Wildman–Crippen MR) is 69.4 cm³/mol. The molecule has 4 heteroatoms. The third kappa shape index (κ3) is 1.67. The van der Waals surface area contributed by atoms with Gasteiger partial charge in [-0.05, 0) is 29.8 Å². The Morgan fingerprint density at radius 1 is 1.28 bits per heavy atom. The van der Waals surface area contributed by atoms with Crippen molar-refractivity contribution >= 4 is 10.9 Å². The quantitative estimate of drug-likeness (QED) is 0.724. The Labute approximate surface area is 103 Å². The SMILES string of the molecule is NCc1ccnc(-c2c[nH]c3cccc(F)c23)c1. The molecule has 0 amide bonds. The number of aromatic amines is 1. The molecule has 0 aliphatic heterocycles. The summed E-state index contributed by atoms with van der Waals surface area (Å²) >= 11 is 0. The van der Waals surface area contributed by atoms with Gasteiger partial charge < -0.3 is 10.7 Å². The summed E-state index contributed by atoms with van der Waals surface area (Å²) in [5.41, 5.74) is 8.84. The standard InChI is InChI=1S/C14H12FN3/c15-11-2-1-3-12-14(11)10(8-18-12)13-6-9(7-16)4-5-17-13/h1-6,8,18H,7,16H2. The third-order valence-electron chi connectivity index (χ3n) is 2.99. The highest BCUT2D eigenvalue weighted by Crippen LogP contribution is 2.29. The second-order valence-corrected chi connectivity index (χ2v) is 4.12. The number of H-pyrrole nitrogens is 1. The van der Waals surface area contributed by atoms with Crippen LogP contribution in [0.1, 0.15) is 5.56 Å². The van der Waals surface area contributed by atoms with Crippen LogP contribution in [-0.4, -0.2) is 9.97 Å². The van der Waals surface area contributed by atoms with Crippen LogP contribution in [0, 0.1) is 5.82 Å². The lowest BCUT2D eigenvalue weighted by molar-refractivity contribution is 0.640. The second-order valence-electron chi connectivity index (χ2n) is 4.12. The number of hydrogen-bond acceptors (Lipinski definition) is 2. The maximum Gasteiger partial charge on any atom is 0.133 e. The van der Waals surface area contributed by atoms with Gasteiger partial charge >= 0.3 is 0 Å². The van der Waals surface area contributed by atoms with Crippen LogP contribution in [0.4, 0.5) is 4.39 Å². The summed E-state index contributed by atoms with van der Waals surface area (Å²) in [6, 6.07) is 8.71. The lowest BCUT2D eigenvalue weighted by Crippen LogP contribution is -1.96. The number of aromatic nitrogens is 2. The van der Waals surface area contributed by atoms with E-state index in [-0.39, 0.29) is 5.82 Å². The van der Waals surface area contributed by atoms with Gasteiger partial charge in [0.25, 0.3) is 0 Å². The van der Waals surface area contributed by atoms with Crippen molar-refractivity contribution in [2.45, 2.75) is 6.54 Å². The number of rotatable bonds is 2. The predicted octanol–water partition coefficient (Wildman–Crippen LogP) is 2.83. The van der Waals surface area contributed by atoms with Crippen LogP contribution in [0.5, 0.6) is 0 Å². The van der Waals surface area contributed by atoms with Crippen molar-refractivity contribution in [3.05, 3.63) is 54.1 Å². The smallest absolute Gasteiger partial charge is 0.133 e. The fourth-order valence-electron chi connectivity index (χ4n) is 2.09. The molecular weight excluding hydrogens is 229 g/mol. The molecule has 3 aromatic rings. The van der Waals surface area contributed by atoms with E-state index in [1.165, 1.54) is 6.07 Å². The number of nitrogens with two attached hydrogens (primary N) is 1. The molecule has 3 rings (SSSR count). The summed E-state index contributed by atoms with van der Waals surface area (Å²) in [6.07, 6.45) is 3.47. The fraction of sp³-hybridized carbons (Fsp3) is 0.0714. The molecule has 0 atom stereocenters. The topological polar surface area (TPSA) is 54.7 Å². The van der Waals surface area contributed by atoms with Gasteiger partial charge in [-0.1, -0.05) is 6.07 Å². The minimum absolute atomic E-state index is 0.247. The van der Waals surface area contributed by atoms with Crippen LogP contribution in [0.15, 0.2) is 42.7 Å². The van der Waals surface area contributed by atoms with E-state index in [1.807, 2.05) is 18.2 Å². The highest BCUT2D eigenvalue weighted by atomic mass is 19.1. The van der Waals surface area contributed by atoms with Gasteiger partial charge in [0.15, 0.2) is 0 Å². The summed E-state index contributed by atoms with van der Waals surface area (Å²) in [4.78, 5) is 7.33. The van der Waals surface area contributed by atoms with E-state index in [0.29, 0.717) is 11.9 Å². The van der Waals surface area contributed by atoms with Crippen LogP contribution in [0.3, 0.4) is 0 Å². The highest BCUT2D eigenvalue weighted by molar-refractivity contribution is 5.95. The van der Waals surface area contributed by atoms with E-state index < -0.39 is 0 Å². The summed E-state index contributed by atoms with van der Waals surface area (Å²) < 4.78 is 13.9. The van der Waals surface area contributed by atoms with Gasteiger partial charge in [0.2, 0.25) is 0 Å². The summed E-state index contributed by atoms with van der Waals surface area (Å²) in [7, 11) is 0. The Kier molecular flexibility index (Phi) is 2.57. The number of halogens is 1. The number of benzene rings is 1. The highest BCUT2D eigenvalue weighted by Gasteiger charge is 2.11. The molecule has 0 unspecified atom stereocenters. The van der Waals surface area contributed by atoms with E-state index >= 15 is 0 Å². The van der Waals surface area contributed by atoms with Gasteiger partial charge in [-0.15, -0.1) is 0 Å². The first-order chi connectivity index (χ1) is 8.79. The first-order valence-corrected chi connectivity index (χ1v) is 5.70. The fourth-order valence-corrected chi connectivity index (χ4v) is 2.09. The van der Waals surface area contributed by atoms with Gasteiger partial charge in [-0.25, -0.2) is 4.39 Å². The number of fused-ring (bicyclic) bond motifs is 1. The molecule has 0 radical (unpaired) electrons. The van der Waals surface area contributed by atoms with Crippen molar-refractivity contribution in [1.82, 2.24) is 9.97 Å². The van der Waals surface area contributed by atoms with Crippen molar-refractivity contribution in [3.8, 4) is 11.3 Å². The maximum atomic E-state index is 13.9. The largest absolute Gasteiger partial charge is 0.360 e. The third-order valence-corrected chi connectivity index (χ3v) is 2.99. The van der Waals surface area contributed by atoms with Gasteiger partial charge in [-0.3, -0.25) is 4.98 Å². The van der Waals surface area contributed by atoms with E-state index in [1.54, 1.807) is 18.5 Å². The van der Waals surface area contributed by atoms with Gasteiger partial charge in [-0.2, -0.15) is 0 Å². The molecule has 1 aromatic carbocycles. The second kappa shape index (κ2) is 4.23. The zero-order valence-corrected chi connectivity index (χ0v) is 9.65. The van der Waals surface area contributed by atoms with Crippen LogP contribution >= 0.6 is 0 Å². The number of hydrogen-bond donors (Lipinski definition) is 2. The first kappa shape index (κ1) is 10.9.